The van der Waals surface area contributed by atoms with Crippen LogP contribution in [0.15, 0.2) is 83.8 Å². The summed E-state index contributed by atoms with van der Waals surface area (Å²) in [7, 11) is -2.21. The smallest absolute Gasteiger partial charge is 0.309 e. The van der Waals surface area contributed by atoms with Gasteiger partial charge in [0, 0.05) is 13.1 Å². The van der Waals surface area contributed by atoms with Gasteiger partial charge in [-0.15, -0.1) is 0 Å². The molecule has 1 saturated heterocycles. The molecule has 0 aliphatic carbocycles. The number of hydrogen-bond acceptors (Lipinski definition) is 6. The van der Waals surface area contributed by atoms with E-state index < -0.39 is 21.1 Å². The highest BCUT2D eigenvalue weighted by Gasteiger charge is 2.41. The van der Waals surface area contributed by atoms with E-state index in [2.05, 4.69) is 18.2 Å². The Balaban J connectivity index is 1.68. The fourth-order valence-corrected chi connectivity index (χ4v) is 6.54. The summed E-state index contributed by atoms with van der Waals surface area (Å²) in [6.45, 7) is 2.98. The van der Waals surface area contributed by atoms with Crippen molar-refractivity contribution in [1.82, 2.24) is 4.90 Å². The molecule has 0 amide bonds. The zero-order valence-corrected chi connectivity index (χ0v) is 20.9. The summed E-state index contributed by atoms with van der Waals surface area (Å²) in [4.78, 5) is 14.7. The molecule has 3 aromatic carbocycles. The van der Waals surface area contributed by atoms with Crippen LogP contribution in [0, 0.1) is 5.92 Å². The molecule has 0 bridgehead atoms. The predicted octanol–water partition coefficient (Wildman–Crippen LogP) is 4.94. The molecular weight excluding hydrogens is 462 g/mol. The molecule has 0 spiro atoms. The molecule has 2 unspecified atom stereocenters. The number of sulfone groups is 1. The van der Waals surface area contributed by atoms with Gasteiger partial charge in [0.15, 0.2) is 9.84 Å². The fraction of sp³-hybridized carbons (Fsp3) is 0.321. The minimum absolute atomic E-state index is 0.195. The lowest BCUT2D eigenvalue weighted by atomic mass is 9.95. The van der Waals surface area contributed by atoms with Gasteiger partial charge in [-0.25, -0.2) is 8.42 Å². The number of likely N-dealkylation sites (tertiary alicyclic amines) is 1. The van der Waals surface area contributed by atoms with Crippen LogP contribution in [-0.4, -0.2) is 44.9 Å². The summed E-state index contributed by atoms with van der Waals surface area (Å²) >= 11 is 0. The third-order valence-corrected chi connectivity index (χ3v) is 8.64. The molecule has 1 fully saturated rings. The van der Waals surface area contributed by atoms with Crippen LogP contribution < -0.4 is 4.74 Å². The van der Waals surface area contributed by atoms with E-state index >= 15 is 0 Å². The Kier molecular flexibility index (Phi) is 7.88. The second-order valence-electron chi connectivity index (χ2n) is 8.64. The van der Waals surface area contributed by atoms with Gasteiger partial charge < -0.3 is 9.47 Å². The van der Waals surface area contributed by atoms with Gasteiger partial charge in [-0.05, 0) is 60.7 Å². The molecule has 0 N–H and O–H groups in total. The van der Waals surface area contributed by atoms with E-state index in [1.165, 1.54) is 0 Å². The van der Waals surface area contributed by atoms with Gasteiger partial charge in [0.2, 0.25) is 0 Å². The van der Waals surface area contributed by atoms with Crippen molar-refractivity contribution in [2.24, 2.45) is 5.92 Å². The Labute approximate surface area is 207 Å². The van der Waals surface area contributed by atoms with Gasteiger partial charge in [-0.1, -0.05) is 54.6 Å². The van der Waals surface area contributed by atoms with Crippen LogP contribution in [-0.2, 0) is 25.9 Å². The van der Waals surface area contributed by atoms with Gasteiger partial charge in [0.1, 0.15) is 11.1 Å². The number of carbonyl (C=O) groups is 1. The van der Waals surface area contributed by atoms with Gasteiger partial charge in [0.25, 0.3) is 0 Å². The highest BCUT2D eigenvalue weighted by atomic mass is 32.2. The van der Waals surface area contributed by atoms with E-state index in [4.69, 9.17) is 9.47 Å². The molecule has 2 atom stereocenters. The van der Waals surface area contributed by atoms with E-state index in [-0.39, 0.29) is 23.9 Å². The number of hydrogen-bond donors (Lipinski definition) is 0. The van der Waals surface area contributed by atoms with Crippen LogP contribution in [0.5, 0.6) is 5.75 Å². The van der Waals surface area contributed by atoms with Gasteiger partial charge in [-0.3, -0.25) is 9.69 Å². The average Bonchev–Trinajstić information content (AvgIpc) is 2.90. The third-order valence-electron chi connectivity index (χ3n) is 6.50. The predicted molar refractivity (Wildman–Crippen MR) is 136 cm³/mol. The molecule has 0 saturated carbocycles. The van der Waals surface area contributed by atoms with E-state index in [0.717, 1.165) is 16.7 Å². The molecule has 7 heteroatoms. The van der Waals surface area contributed by atoms with Crippen LogP contribution in [0.2, 0.25) is 0 Å². The molecule has 1 aliphatic rings. The second-order valence-corrected chi connectivity index (χ2v) is 10.7. The van der Waals surface area contributed by atoms with E-state index in [0.29, 0.717) is 25.3 Å². The van der Waals surface area contributed by atoms with Crippen molar-refractivity contribution in [3.63, 3.8) is 0 Å². The molecule has 0 radical (unpaired) electrons. The summed E-state index contributed by atoms with van der Waals surface area (Å²) in [6.07, 6.45) is 0.752. The van der Waals surface area contributed by atoms with Gasteiger partial charge in [0.05, 0.1) is 24.5 Å². The summed E-state index contributed by atoms with van der Waals surface area (Å²) in [5.74, 6) is -0.189. The Morgan fingerprint density at radius 3 is 2.34 bits per heavy atom. The second kappa shape index (κ2) is 11.1. The lowest BCUT2D eigenvalue weighted by Crippen LogP contribution is -2.48. The van der Waals surface area contributed by atoms with E-state index in [9.17, 15) is 13.2 Å². The van der Waals surface area contributed by atoms with Crippen LogP contribution in [0.4, 0.5) is 0 Å². The first-order valence-corrected chi connectivity index (χ1v) is 13.4. The first-order valence-electron chi connectivity index (χ1n) is 11.9. The molecular formula is C28H31NO5S. The average molecular weight is 494 g/mol. The number of nitrogens with zero attached hydrogens (tertiary/aromatic N) is 1. The van der Waals surface area contributed by atoms with Gasteiger partial charge in [-0.2, -0.15) is 0 Å². The zero-order valence-electron chi connectivity index (χ0n) is 20.1. The minimum Gasteiger partial charge on any atom is -0.497 e. The minimum atomic E-state index is -3.75. The van der Waals surface area contributed by atoms with Crippen molar-refractivity contribution >= 4 is 15.8 Å². The van der Waals surface area contributed by atoms with E-state index in [1.807, 2.05) is 41.3 Å². The maximum atomic E-state index is 13.8. The Morgan fingerprint density at radius 2 is 1.66 bits per heavy atom. The van der Waals surface area contributed by atoms with Crippen LogP contribution in [0.25, 0.3) is 11.1 Å². The first-order chi connectivity index (χ1) is 16.9. The lowest BCUT2D eigenvalue weighted by Gasteiger charge is -2.38. The molecule has 1 heterocycles. The Bertz CT molecular complexity index is 1240. The first kappa shape index (κ1) is 24.9. The SMILES string of the molecule is CCOC(=O)C1CCN(Cc2ccccc2-c2ccccc2)C(S(=O)(=O)c2ccc(OC)cc2)C1. The highest BCUT2D eigenvalue weighted by Crippen LogP contribution is 2.34. The number of ether oxygens (including phenoxy) is 2. The molecule has 0 aromatic heterocycles. The van der Waals surface area contributed by atoms with Crippen LogP contribution in [0.1, 0.15) is 25.3 Å². The van der Waals surface area contributed by atoms with Gasteiger partial charge >= 0.3 is 5.97 Å². The molecule has 3 aromatic rings. The standard InChI is InChI=1S/C28H31NO5S/c1-3-34-28(30)22-17-18-29(20-23-11-7-8-12-26(23)21-9-5-4-6-10-21)27(19-22)35(31,32)25-15-13-24(33-2)14-16-25/h4-16,22,27H,3,17-20H2,1-2H3. The summed E-state index contributed by atoms with van der Waals surface area (Å²) in [5.41, 5.74) is 3.20. The maximum Gasteiger partial charge on any atom is 0.309 e. The Morgan fingerprint density at radius 1 is 0.971 bits per heavy atom. The largest absolute Gasteiger partial charge is 0.497 e. The summed E-state index contributed by atoms with van der Waals surface area (Å²) in [6, 6.07) is 24.6. The van der Waals surface area contributed by atoms with Crippen molar-refractivity contribution in [2.45, 2.75) is 36.6 Å². The zero-order chi connectivity index (χ0) is 24.8. The van der Waals surface area contributed by atoms with Crippen molar-refractivity contribution in [1.29, 1.82) is 0 Å². The normalized spacial score (nSPS) is 18.7. The summed E-state index contributed by atoms with van der Waals surface area (Å²) in [5, 5.41) is -0.845. The summed E-state index contributed by atoms with van der Waals surface area (Å²) < 4.78 is 38.1. The van der Waals surface area contributed by atoms with E-state index in [1.54, 1.807) is 38.3 Å². The number of carbonyl (C=O) groups excluding carboxylic acids is 1. The number of piperidine rings is 1. The van der Waals surface area contributed by atoms with Crippen molar-refractivity contribution in [3.8, 4) is 16.9 Å². The number of benzene rings is 3. The maximum absolute atomic E-state index is 13.8. The number of esters is 1. The molecule has 6 nitrogen and oxygen atoms in total. The third kappa shape index (κ3) is 5.57. The monoisotopic (exact) mass is 493 g/mol. The molecule has 184 valence electrons. The van der Waals surface area contributed by atoms with Crippen LogP contribution >= 0.6 is 0 Å². The lowest BCUT2D eigenvalue weighted by molar-refractivity contribution is -0.149. The molecule has 1 aliphatic heterocycles. The number of methoxy groups -OCH3 is 1. The van der Waals surface area contributed by atoms with Crippen molar-refractivity contribution in [3.05, 3.63) is 84.4 Å². The quantitative estimate of drug-likeness (QED) is 0.414. The number of rotatable bonds is 8. The molecule has 35 heavy (non-hydrogen) atoms. The topological polar surface area (TPSA) is 72.9 Å². The van der Waals surface area contributed by atoms with Crippen LogP contribution in [0.3, 0.4) is 0 Å². The Hall–Kier alpha value is -3.16. The highest BCUT2D eigenvalue weighted by molar-refractivity contribution is 7.92. The fourth-order valence-electron chi connectivity index (χ4n) is 4.65. The van der Waals surface area contributed by atoms with Crippen molar-refractivity contribution in [2.75, 3.05) is 20.3 Å². The molecule has 4 rings (SSSR count). The van der Waals surface area contributed by atoms with Crippen molar-refractivity contribution < 1.29 is 22.7 Å².